The van der Waals surface area contributed by atoms with Crippen molar-refractivity contribution in [3.8, 4) is 0 Å². The molecule has 0 atom stereocenters. The Morgan fingerprint density at radius 2 is 2.15 bits per heavy atom. The maximum absolute atomic E-state index is 11.5. The van der Waals surface area contributed by atoms with Crippen LogP contribution in [0.1, 0.15) is 13.8 Å². The summed E-state index contributed by atoms with van der Waals surface area (Å²) in [6, 6.07) is 0.462. The van der Waals surface area contributed by atoms with Gasteiger partial charge in [0.15, 0.2) is 0 Å². The zero-order chi connectivity index (χ0) is 9.84. The Bertz CT molecular complexity index is 182. The standard InChI is InChI=1S/C9H19N3O/c1-8(2)12-6-5-11(4-3-10)9(13)7-12/h8H,3-7,10H2,1-2H3. The molecule has 1 heterocycles. The molecule has 0 aromatic rings. The van der Waals surface area contributed by atoms with Crippen molar-refractivity contribution in [2.45, 2.75) is 19.9 Å². The fraction of sp³-hybridized carbons (Fsp3) is 0.889. The molecule has 76 valence electrons. The third-order valence-corrected chi connectivity index (χ3v) is 2.48. The molecule has 0 aliphatic carbocycles. The minimum atomic E-state index is 0.213. The largest absolute Gasteiger partial charge is 0.339 e. The van der Waals surface area contributed by atoms with Crippen molar-refractivity contribution in [3.63, 3.8) is 0 Å². The number of rotatable bonds is 3. The molecule has 4 heteroatoms. The van der Waals surface area contributed by atoms with E-state index in [0.717, 1.165) is 13.1 Å². The molecule has 0 radical (unpaired) electrons. The SMILES string of the molecule is CC(C)N1CCN(CCN)C(=O)C1. The summed E-state index contributed by atoms with van der Waals surface area (Å²) in [6.07, 6.45) is 0. The molecular formula is C9H19N3O. The van der Waals surface area contributed by atoms with Gasteiger partial charge in [0.1, 0.15) is 0 Å². The van der Waals surface area contributed by atoms with Crippen molar-refractivity contribution in [1.82, 2.24) is 9.80 Å². The number of carbonyl (C=O) groups is 1. The van der Waals surface area contributed by atoms with Crippen LogP contribution in [0.25, 0.3) is 0 Å². The van der Waals surface area contributed by atoms with Crippen LogP contribution in [0.3, 0.4) is 0 Å². The number of hydrogen-bond acceptors (Lipinski definition) is 3. The lowest BCUT2D eigenvalue weighted by molar-refractivity contribution is -0.136. The van der Waals surface area contributed by atoms with Crippen LogP contribution in [0.4, 0.5) is 0 Å². The molecule has 2 N–H and O–H groups in total. The van der Waals surface area contributed by atoms with Crippen molar-refractivity contribution in [2.24, 2.45) is 5.73 Å². The highest BCUT2D eigenvalue weighted by atomic mass is 16.2. The first-order valence-electron chi connectivity index (χ1n) is 4.87. The number of carbonyl (C=O) groups excluding carboxylic acids is 1. The van der Waals surface area contributed by atoms with Crippen LogP contribution in [0.2, 0.25) is 0 Å². The number of nitrogens with zero attached hydrogens (tertiary/aromatic N) is 2. The van der Waals surface area contributed by atoms with Crippen molar-refractivity contribution in [3.05, 3.63) is 0 Å². The van der Waals surface area contributed by atoms with Gasteiger partial charge in [-0.05, 0) is 13.8 Å². The third-order valence-electron chi connectivity index (χ3n) is 2.48. The Kier molecular flexibility index (Phi) is 3.69. The number of piperazine rings is 1. The minimum absolute atomic E-state index is 0.213. The molecule has 0 unspecified atom stereocenters. The van der Waals surface area contributed by atoms with Crippen LogP contribution in [0.5, 0.6) is 0 Å². The van der Waals surface area contributed by atoms with E-state index in [1.165, 1.54) is 0 Å². The van der Waals surface area contributed by atoms with E-state index >= 15 is 0 Å². The van der Waals surface area contributed by atoms with Gasteiger partial charge < -0.3 is 10.6 Å². The van der Waals surface area contributed by atoms with Gasteiger partial charge >= 0.3 is 0 Å². The highest BCUT2D eigenvalue weighted by Crippen LogP contribution is 2.06. The quantitative estimate of drug-likeness (QED) is 0.645. The summed E-state index contributed by atoms with van der Waals surface area (Å²) >= 11 is 0. The minimum Gasteiger partial charge on any atom is -0.339 e. The summed E-state index contributed by atoms with van der Waals surface area (Å²) in [4.78, 5) is 15.6. The zero-order valence-electron chi connectivity index (χ0n) is 8.49. The first-order valence-corrected chi connectivity index (χ1v) is 4.87. The lowest BCUT2D eigenvalue weighted by Crippen LogP contribution is -2.53. The Morgan fingerprint density at radius 1 is 1.46 bits per heavy atom. The van der Waals surface area contributed by atoms with Gasteiger partial charge in [-0.3, -0.25) is 9.69 Å². The van der Waals surface area contributed by atoms with Gasteiger partial charge in [0.25, 0.3) is 0 Å². The predicted octanol–water partition coefficient (Wildman–Crippen LogP) is -0.502. The maximum atomic E-state index is 11.5. The molecular weight excluding hydrogens is 166 g/mol. The molecule has 0 spiro atoms. The highest BCUT2D eigenvalue weighted by Gasteiger charge is 2.24. The highest BCUT2D eigenvalue weighted by molar-refractivity contribution is 5.79. The molecule has 0 bridgehead atoms. The van der Waals surface area contributed by atoms with E-state index in [-0.39, 0.29) is 5.91 Å². The number of hydrogen-bond donors (Lipinski definition) is 1. The van der Waals surface area contributed by atoms with Crippen LogP contribution in [0.15, 0.2) is 0 Å². The molecule has 1 rings (SSSR count). The van der Waals surface area contributed by atoms with Gasteiger partial charge in [0.2, 0.25) is 5.91 Å². The second-order valence-electron chi connectivity index (χ2n) is 3.73. The van der Waals surface area contributed by atoms with Gasteiger partial charge in [-0.15, -0.1) is 0 Å². The first kappa shape index (κ1) is 10.5. The Morgan fingerprint density at radius 3 is 2.62 bits per heavy atom. The lowest BCUT2D eigenvalue weighted by Gasteiger charge is -2.36. The second-order valence-corrected chi connectivity index (χ2v) is 3.73. The van der Waals surface area contributed by atoms with Crippen LogP contribution in [0, 0.1) is 0 Å². The van der Waals surface area contributed by atoms with Crippen LogP contribution in [-0.4, -0.2) is 54.5 Å². The second kappa shape index (κ2) is 4.58. The molecule has 1 aliphatic heterocycles. The van der Waals surface area contributed by atoms with E-state index < -0.39 is 0 Å². The Hall–Kier alpha value is -0.610. The van der Waals surface area contributed by atoms with Crippen LogP contribution in [-0.2, 0) is 4.79 Å². The van der Waals surface area contributed by atoms with Crippen molar-refractivity contribution >= 4 is 5.91 Å². The van der Waals surface area contributed by atoms with Gasteiger partial charge in [-0.2, -0.15) is 0 Å². The molecule has 1 fully saturated rings. The summed E-state index contributed by atoms with van der Waals surface area (Å²) in [6.45, 7) is 7.85. The smallest absolute Gasteiger partial charge is 0.236 e. The zero-order valence-corrected chi connectivity index (χ0v) is 8.49. The monoisotopic (exact) mass is 185 g/mol. The van der Waals surface area contributed by atoms with Crippen LogP contribution >= 0.6 is 0 Å². The summed E-state index contributed by atoms with van der Waals surface area (Å²) < 4.78 is 0. The Labute approximate surface area is 79.7 Å². The van der Waals surface area contributed by atoms with E-state index in [9.17, 15) is 4.79 Å². The fourth-order valence-electron chi connectivity index (χ4n) is 1.56. The van der Waals surface area contributed by atoms with Crippen molar-refractivity contribution < 1.29 is 4.79 Å². The van der Waals surface area contributed by atoms with E-state index in [0.29, 0.717) is 25.7 Å². The first-order chi connectivity index (χ1) is 6.15. The Balaban J connectivity index is 2.42. The van der Waals surface area contributed by atoms with E-state index in [4.69, 9.17) is 5.73 Å². The van der Waals surface area contributed by atoms with Gasteiger partial charge in [0, 0.05) is 32.2 Å². The van der Waals surface area contributed by atoms with E-state index in [1.54, 1.807) is 0 Å². The average molecular weight is 185 g/mol. The summed E-state index contributed by atoms with van der Waals surface area (Å²) in [5, 5.41) is 0. The fourth-order valence-corrected chi connectivity index (χ4v) is 1.56. The normalized spacial score (nSPS) is 20.0. The summed E-state index contributed by atoms with van der Waals surface area (Å²) in [7, 11) is 0. The molecule has 0 aromatic carbocycles. The van der Waals surface area contributed by atoms with Crippen LogP contribution < -0.4 is 5.73 Å². The molecule has 1 amide bonds. The third kappa shape index (κ3) is 2.67. The van der Waals surface area contributed by atoms with Gasteiger partial charge in [0.05, 0.1) is 6.54 Å². The van der Waals surface area contributed by atoms with E-state index in [1.807, 2.05) is 4.90 Å². The maximum Gasteiger partial charge on any atom is 0.236 e. The lowest BCUT2D eigenvalue weighted by atomic mass is 10.2. The molecule has 1 aliphatic rings. The summed E-state index contributed by atoms with van der Waals surface area (Å²) in [5.74, 6) is 0.213. The number of amides is 1. The van der Waals surface area contributed by atoms with Gasteiger partial charge in [-0.1, -0.05) is 0 Å². The average Bonchev–Trinajstić information content (AvgIpc) is 2.08. The van der Waals surface area contributed by atoms with Crippen molar-refractivity contribution in [1.29, 1.82) is 0 Å². The number of nitrogens with two attached hydrogens (primary N) is 1. The summed E-state index contributed by atoms with van der Waals surface area (Å²) in [5.41, 5.74) is 5.41. The molecule has 13 heavy (non-hydrogen) atoms. The van der Waals surface area contributed by atoms with Crippen molar-refractivity contribution in [2.75, 3.05) is 32.7 Å². The molecule has 0 aromatic heterocycles. The molecule has 0 saturated carbocycles. The molecule has 4 nitrogen and oxygen atoms in total. The van der Waals surface area contributed by atoms with Gasteiger partial charge in [-0.25, -0.2) is 0 Å². The van der Waals surface area contributed by atoms with E-state index in [2.05, 4.69) is 18.7 Å². The molecule has 1 saturated heterocycles. The predicted molar refractivity (Wildman–Crippen MR) is 52.3 cm³/mol. The topological polar surface area (TPSA) is 49.6 Å².